The van der Waals surface area contributed by atoms with Crippen molar-refractivity contribution in [3.63, 3.8) is 0 Å². The minimum Gasteiger partial charge on any atom is -0.324 e. The SMILES string of the molecule is O=C(Cn1c(C(F)(F)F)nc2c(NC(=O)c3c(Cl)cccc3Cl)cccc21)Nc1ccncc1. The van der Waals surface area contributed by atoms with E-state index in [-0.39, 0.29) is 32.3 Å². The lowest BCUT2D eigenvalue weighted by Crippen LogP contribution is -2.23. The third-order valence-electron chi connectivity index (χ3n) is 4.74. The zero-order valence-electron chi connectivity index (χ0n) is 17.0. The summed E-state index contributed by atoms with van der Waals surface area (Å²) in [7, 11) is 0. The van der Waals surface area contributed by atoms with Crippen LogP contribution in [-0.2, 0) is 17.5 Å². The standard InChI is InChI=1S/C22H14Cl2F3N5O2/c23-13-3-1-4-14(24)18(13)20(34)30-15-5-2-6-16-19(15)31-21(22(25,26)27)32(16)11-17(33)29-12-7-9-28-10-8-12/h1-10H,11H2,(H,30,34)(H,28,29,33). The highest BCUT2D eigenvalue weighted by molar-refractivity contribution is 6.40. The molecule has 0 radical (unpaired) electrons. The second-order valence-corrected chi connectivity index (χ2v) is 7.84. The molecule has 12 heteroatoms. The maximum absolute atomic E-state index is 13.8. The van der Waals surface area contributed by atoms with Gasteiger partial charge in [0.15, 0.2) is 0 Å². The molecule has 0 aliphatic rings. The second-order valence-electron chi connectivity index (χ2n) is 7.03. The van der Waals surface area contributed by atoms with Crippen molar-refractivity contribution in [1.82, 2.24) is 14.5 Å². The van der Waals surface area contributed by atoms with E-state index in [1.165, 1.54) is 54.9 Å². The minimum atomic E-state index is -4.86. The van der Waals surface area contributed by atoms with Gasteiger partial charge in [0.2, 0.25) is 11.7 Å². The topological polar surface area (TPSA) is 88.9 Å². The van der Waals surface area contributed by atoms with Crippen LogP contribution in [-0.4, -0.2) is 26.3 Å². The van der Waals surface area contributed by atoms with Gasteiger partial charge < -0.3 is 15.2 Å². The van der Waals surface area contributed by atoms with Crippen LogP contribution in [0.4, 0.5) is 24.5 Å². The lowest BCUT2D eigenvalue weighted by Gasteiger charge is -2.12. The fourth-order valence-electron chi connectivity index (χ4n) is 3.30. The minimum absolute atomic E-state index is 0.000240. The van der Waals surface area contributed by atoms with Crippen LogP contribution in [0.1, 0.15) is 16.2 Å². The van der Waals surface area contributed by atoms with Gasteiger partial charge in [0, 0.05) is 18.1 Å². The number of pyridine rings is 1. The number of carbonyl (C=O) groups is 2. The van der Waals surface area contributed by atoms with Crippen molar-refractivity contribution in [2.75, 3.05) is 10.6 Å². The number of fused-ring (bicyclic) bond motifs is 1. The van der Waals surface area contributed by atoms with Gasteiger partial charge in [-0.15, -0.1) is 0 Å². The van der Waals surface area contributed by atoms with Crippen LogP contribution in [0.5, 0.6) is 0 Å². The summed E-state index contributed by atoms with van der Waals surface area (Å²) in [6.45, 7) is -0.665. The Balaban J connectivity index is 1.72. The van der Waals surface area contributed by atoms with Crippen molar-refractivity contribution in [3.05, 3.63) is 82.4 Å². The van der Waals surface area contributed by atoms with Crippen molar-refractivity contribution < 1.29 is 22.8 Å². The van der Waals surface area contributed by atoms with Gasteiger partial charge in [-0.05, 0) is 36.4 Å². The molecule has 0 aliphatic heterocycles. The molecule has 2 heterocycles. The Hall–Kier alpha value is -3.63. The molecule has 0 fully saturated rings. The van der Waals surface area contributed by atoms with Gasteiger partial charge >= 0.3 is 6.18 Å². The van der Waals surface area contributed by atoms with E-state index in [0.29, 0.717) is 5.69 Å². The smallest absolute Gasteiger partial charge is 0.324 e. The van der Waals surface area contributed by atoms with Gasteiger partial charge in [-0.2, -0.15) is 13.2 Å². The lowest BCUT2D eigenvalue weighted by atomic mass is 10.2. The van der Waals surface area contributed by atoms with Crippen LogP contribution >= 0.6 is 23.2 Å². The van der Waals surface area contributed by atoms with Crippen LogP contribution < -0.4 is 10.6 Å². The monoisotopic (exact) mass is 507 g/mol. The maximum atomic E-state index is 13.8. The van der Waals surface area contributed by atoms with Crippen molar-refractivity contribution in [2.45, 2.75) is 12.7 Å². The summed E-state index contributed by atoms with van der Waals surface area (Å²) in [5.74, 6) is -2.71. The summed E-state index contributed by atoms with van der Waals surface area (Å²) >= 11 is 12.1. The maximum Gasteiger partial charge on any atom is 0.449 e. The number of anilines is 2. The van der Waals surface area contributed by atoms with Gasteiger partial charge in [0.1, 0.15) is 12.1 Å². The zero-order chi connectivity index (χ0) is 24.5. The van der Waals surface area contributed by atoms with E-state index < -0.39 is 30.4 Å². The molecule has 0 spiro atoms. The number of benzene rings is 2. The lowest BCUT2D eigenvalue weighted by molar-refractivity contribution is -0.147. The van der Waals surface area contributed by atoms with E-state index in [1.54, 1.807) is 6.07 Å². The molecule has 4 aromatic rings. The Bertz CT molecular complexity index is 1370. The number of hydrogen-bond donors (Lipinski definition) is 2. The zero-order valence-corrected chi connectivity index (χ0v) is 18.5. The number of aromatic nitrogens is 3. The highest BCUT2D eigenvalue weighted by Gasteiger charge is 2.38. The highest BCUT2D eigenvalue weighted by atomic mass is 35.5. The number of alkyl halides is 3. The molecule has 0 atom stereocenters. The molecule has 0 saturated heterocycles. The molecule has 34 heavy (non-hydrogen) atoms. The summed E-state index contributed by atoms with van der Waals surface area (Å²) < 4.78 is 42.1. The van der Waals surface area contributed by atoms with E-state index in [9.17, 15) is 22.8 Å². The third-order valence-corrected chi connectivity index (χ3v) is 5.37. The number of hydrogen-bond acceptors (Lipinski definition) is 4. The molecular weight excluding hydrogens is 494 g/mol. The molecule has 0 bridgehead atoms. The Morgan fingerprint density at radius 3 is 2.24 bits per heavy atom. The quantitative estimate of drug-likeness (QED) is 0.365. The first kappa shape index (κ1) is 23.5. The van der Waals surface area contributed by atoms with E-state index in [4.69, 9.17) is 23.2 Å². The molecule has 2 amide bonds. The number of halogens is 5. The van der Waals surface area contributed by atoms with E-state index in [0.717, 1.165) is 4.57 Å². The fraction of sp³-hybridized carbons (Fsp3) is 0.0909. The number of imidazole rings is 1. The average molecular weight is 508 g/mol. The van der Waals surface area contributed by atoms with Gasteiger partial charge in [-0.3, -0.25) is 14.6 Å². The molecule has 2 N–H and O–H groups in total. The fourth-order valence-corrected chi connectivity index (χ4v) is 3.87. The van der Waals surface area contributed by atoms with Gasteiger partial charge in [-0.1, -0.05) is 35.3 Å². The summed E-state index contributed by atoms with van der Waals surface area (Å²) in [4.78, 5) is 32.8. The average Bonchev–Trinajstić information content (AvgIpc) is 3.14. The van der Waals surface area contributed by atoms with Crippen molar-refractivity contribution >= 4 is 57.4 Å². The molecule has 2 aromatic carbocycles. The summed E-state index contributed by atoms with van der Waals surface area (Å²) in [6, 6.07) is 11.7. The van der Waals surface area contributed by atoms with Crippen LogP contribution in [0.25, 0.3) is 11.0 Å². The van der Waals surface area contributed by atoms with Crippen molar-refractivity contribution in [3.8, 4) is 0 Å². The Labute approximate surface area is 200 Å². The predicted molar refractivity (Wildman–Crippen MR) is 122 cm³/mol. The number of nitrogens with one attached hydrogen (secondary N) is 2. The van der Waals surface area contributed by atoms with Crippen LogP contribution in [0, 0.1) is 0 Å². The van der Waals surface area contributed by atoms with Gasteiger partial charge in [0.05, 0.1) is 26.8 Å². The molecule has 4 rings (SSSR count). The normalized spacial score (nSPS) is 11.4. The first-order chi connectivity index (χ1) is 16.1. The molecule has 0 aliphatic carbocycles. The highest BCUT2D eigenvalue weighted by Crippen LogP contribution is 2.34. The molecule has 0 saturated carbocycles. The molecule has 0 unspecified atom stereocenters. The number of para-hydroxylation sites is 1. The Kier molecular flexibility index (Phi) is 6.45. The third kappa shape index (κ3) is 4.82. The Morgan fingerprint density at radius 2 is 1.59 bits per heavy atom. The second kappa shape index (κ2) is 9.32. The number of rotatable bonds is 5. The first-order valence-electron chi connectivity index (χ1n) is 9.67. The van der Waals surface area contributed by atoms with Crippen LogP contribution in [0.15, 0.2) is 60.9 Å². The largest absolute Gasteiger partial charge is 0.449 e. The van der Waals surface area contributed by atoms with E-state index >= 15 is 0 Å². The molecule has 174 valence electrons. The molecule has 7 nitrogen and oxygen atoms in total. The Morgan fingerprint density at radius 1 is 0.941 bits per heavy atom. The van der Waals surface area contributed by atoms with E-state index in [2.05, 4.69) is 20.6 Å². The first-order valence-corrected chi connectivity index (χ1v) is 10.4. The van der Waals surface area contributed by atoms with E-state index in [1.807, 2.05) is 0 Å². The summed E-state index contributed by atoms with van der Waals surface area (Å²) in [6.07, 6.45) is -1.99. The van der Waals surface area contributed by atoms with Crippen molar-refractivity contribution in [2.24, 2.45) is 0 Å². The number of amides is 2. The number of nitrogens with zero attached hydrogens (tertiary/aromatic N) is 3. The van der Waals surface area contributed by atoms with Crippen molar-refractivity contribution in [1.29, 1.82) is 0 Å². The number of carbonyl (C=O) groups excluding carboxylic acids is 2. The van der Waals surface area contributed by atoms with Crippen LogP contribution in [0.3, 0.4) is 0 Å². The summed E-state index contributed by atoms with van der Waals surface area (Å²) in [5, 5.41) is 5.17. The predicted octanol–water partition coefficient (Wildman–Crippen LogP) is 5.65. The summed E-state index contributed by atoms with van der Waals surface area (Å²) in [5.41, 5.74) is 0.193. The molecule has 2 aromatic heterocycles. The van der Waals surface area contributed by atoms with Gasteiger partial charge in [-0.25, -0.2) is 4.98 Å². The van der Waals surface area contributed by atoms with Gasteiger partial charge in [0.25, 0.3) is 5.91 Å². The molecular formula is C22H14Cl2F3N5O2. The van der Waals surface area contributed by atoms with Crippen LogP contribution in [0.2, 0.25) is 10.0 Å².